The van der Waals surface area contributed by atoms with Crippen LogP contribution in [0, 0.1) is 0 Å². The minimum Gasteiger partial charge on any atom is -0.479 e. The van der Waals surface area contributed by atoms with Crippen LogP contribution in [0.5, 0.6) is 0 Å². The number of rotatable bonds is 4. The monoisotopic (exact) mass is 213 g/mol. The molecule has 0 aromatic carbocycles. The van der Waals surface area contributed by atoms with Crippen molar-refractivity contribution in [2.24, 2.45) is 0 Å². The van der Waals surface area contributed by atoms with Gasteiger partial charge >= 0.3 is 11.6 Å². The third-order valence-corrected chi connectivity index (χ3v) is 1.32. The number of amides is 1. The van der Waals surface area contributed by atoms with E-state index in [1.807, 2.05) is 5.48 Å². The second-order valence-electron chi connectivity index (χ2n) is 2.46. The van der Waals surface area contributed by atoms with Gasteiger partial charge in [-0.05, 0) is 6.07 Å². The first-order valence-electron chi connectivity index (χ1n) is 3.82. The highest BCUT2D eigenvalue weighted by Gasteiger charge is 2.06. The van der Waals surface area contributed by atoms with E-state index in [4.69, 9.17) is 5.11 Å². The molecule has 80 valence electrons. The highest BCUT2D eigenvalue weighted by Crippen LogP contribution is 1.94. The Kier molecular flexibility index (Phi) is 3.58. The zero-order valence-electron chi connectivity index (χ0n) is 7.43. The van der Waals surface area contributed by atoms with Gasteiger partial charge in [0.25, 0.3) is 5.91 Å². The molecule has 0 fully saturated rings. The normalized spacial score (nSPS) is 9.60. The molecule has 1 aromatic heterocycles. The van der Waals surface area contributed by atoms with Crippen molar-refractivity contribution in [3.63, 3.8) is 0 Å². The number of aliphatic carboxylic acids is 1. The molecule has 2 N–H and O–H groups in total. The lowest BCUT2D eigenvalue weighted by Crippen LogP contribution is -2.26. The van der Waals surface area contributed by atoms with Crippen molar-refractivity contribution in [2.45, 2.75) is 0 Å². The number of hydrogen-bond acceptors (Lipinski definition) is 5. The Labute approximate surface area is 83.2 Å². The molecule has 0 bridgehead atoms. The summed E-state index contributed by atoms with van der Waals surface area (Å²) in [6, 6.07) is 2.29. The van der Waals surface area contributed by atoms with Crippen LogP contribution in [-0.4, -0.2) is 23.6 Å². The molecule has 7 nitrogen and oxygen atoms in total. The Morgan fingerprint density at radius 2 is 2.20 bits per heavy atom. The molecule has 0 atom stereocenters. The third kappa shape index (κ3) is 3.61. The quantitative estimate of drug-likeness (QED) is 0.646. The molecule has 0 unspecified atom stereocenters. The van der Waals surface area contributed by atoms with Crippen molar-refractivity contribution in [3.8, 4) is 0 Å². The molecule has 0 aliphatic carbocycles. The first-order valence-corrected chi connectivity index (χ1v) is 3.82. The minimum atomic E-state index is -1.21. The van der Waals surface area contributed by atoms with E-state index < -0.39 is 24.1 Å². The van der Waals surface area contributed by atoms with Crippen LogP contribution in [0.25, 0.3) is 0 Å². The molecular formula is C8H7NO6. The van der Waals surface area contributed by atoms with Crippen LogP contribution in [-0.2, 0) is 9.63 Å². The van der Waals surface area contributed by atoms with Gasteiger partial charge in [0.15, 0.2) is 6.61 Å². The number of hydroxylamine groups is 1. The molecule has 0 spiro atoms. The molecule has 0 aliphatic rings. The summed E-state index contributed by atoms with van der Waals surface area (Å²) in [5.41, 5.74) is 1.34. The van der Waals surface area contributed by atoms with E-state index in [9.17, 15) is 14.4 Å². The largest absolute Gasteiger partial charge is 0.479 e. The number of carboxylic acids is 1. The van der Waals surface area contributed by atoms with Crippen molar-refractivity contribution >= 4 is 11.9 Å². The molecule has 1 rings (SSSR count). The maximum atomic E-state index is 11.1. The predicted octanol–water partition coefficient (Wildman–Crippen LogP) is -0.614. The Morgan fingerprint density at radius 3 is 2.73 bits per heavy atom. The van der Waals surface area contributed by atoms with Crippen molar-refractivity contribution in [3.05, 3.63) is 34.4 Å². The summed E-state index contributed by atoms with van der Waals surface area (Å²) in [5.74, 6) is -1.91. The van der Waals surface area contributed by atoms with Crippen LogP contribution >= 0.6 is 0 Å². The maximum absolute atomic E-state index is 11.1. The molecule has 1 heterocycles. The fourth-order valence-corrected chi connectivity index (χ4v) is 0.709. The van der Waals surface area contributed by atoms with E-state index in [0.717, 1.165) is 12.3 Å². The highest BCUT2D eigenvalue weighted by molar-refractivity contribution is 5.92. The van der Waals surface area contributed by atoms with E-state index >= 15 is 0 Å². The zero-order chi connectivity index (χ0) is 11.3. The first-order chi connectivity index (χ1) is 7.09. The van der Waals surface area contributed by atoms with Crippen LogP contribution in [0.3, 0.4) is 0 Å². The van der Waals surface area contributed by atoms with E-state index in [0.29, 0.717) is 0 Å². The number of carboxylic acid groups (broad SMARTS) is 1. The fourth-order valence-electron chi connectivity index (χ4n) is 0.709. The van der Waals surface area contributed by atoms with Crippen LogP contribution in [0.4, 0.5) is 0 Å². The summed E-state index contributed by atoms with van der Waals surface area (Å²) >= 11 is 0. The lowest BCUT2D eigenvalue weighted by atomic mass is 10.3. The van der Waals surface area contributed by atoms with Crippen molar-refractivity contribution in [2.75, 3.05) is 6.61 Å². The van der Waals surface area contributed by atoms with E-state index in [1.165, 1.54) is 6.07 Å². The van der Waals surface area contributed by atoms with Gasteiger partial charge in [0.05, 0.1) is 5.56 Å². The molecule has 0 aliphatic heterocycles. The summed E-state index contributed by atoms with van der Waals surface area (Å²) < 4.78 is 4.42. The zero-order valence-corrected chi connectivity index (χ0v) is 7.43. The molecule has 15 heavy (non-hydrogen) atoms. The number of carbonyl (C=O) groups is 2. The van der Waals surface area contributed by atoms with Gasteiger partial charge in [-0.1, -0.05) is 0 Å². The summed E-state index contributed by atoms with van der Waals surface area (Å²) in [4.78, 5) is 36.0. The van der Waals surface area contributed by atoms with Crippen molar-refractivity contribution in [1.82, 2.24) is 5.48 Å². The van der Waals surface area contributed by atoms with Crippen LogP contribution in [0.1, 0.15) is 10.4 Å². The number of hydrogen-bond donors (Lipinski definition) is 2. The smallest absolute Gasteiger partial charge is 0.335 e. The molecule has 0 saturated heterocycles. The van der Waals surface area contributed by atoms with Gasteiger partial charge in [-0.2, -0.15) is 0 Å². The van der Waals surface area contributed by atoms with E-state index in [2.05, 4.69) is 9.25 Å². The van der Waals surface area contributed by atoms with Crippen LogP contribution in [0.2, 0.25) is 0 Å². The van der Waals surface area contributed by atoms with Crippen LogP contribution < -0.4 is 11.1 Å². The standard InChI is InChI=1S/C8H7NO6/c10-6(11)4-15-9-8(13)5-1-2-7(12)14-3-5/h1-3H,4H2,(H,9,13)(H,10,11). The number of nitrogens with one attached hydrogen (secondary N) is 1. The molecule has 1 amide bonds. The van der Waals surface area contributed by atoms with Gasteiger partial charge in [-0.3, -0.25) is 9.63 Å². The molecule has 0 saturated carbocycles. The Morgan fingerprint density at radius 1 is 1.47 bits per heavy atom. The van der Waals surface area contributed by atoms with Gasteiger partial charge in [0.2, 0.25) is 0 Å². The molecule has 7 heteroatoms. The van der Waals surface area contributed by atoms with Crippen molar-refractivity contribution < 1.29 is 24.0 Å². The minimum absolute atomic E-state index is 0.0555. The predicted molar refractivity (Wildman–Crippen MR) is 46.0 cm³/mol. The average molecular weight is 213 g/mol. The lowest BCUT2D eigenvalue weighted by Gasteiger charge is -2.02. The summed E-state index contributed by atoms with van der Waals surface area (Å²) in [7, 11) is 0. The topological polar surface area (TPSA) is 106 Å². The first kappa shape index (κ1) is 10.9. The fraction of sp³-hybridized carbons (Fsp3) is 0.125. The Hall–Kier alpha value is -2.15. The van der Waals surface area contributed by atoms with Crippen molar-refractivity contribution in [1.29, 1.82) is 0 Å². The van der Waals surface area contributed by atoms with E-state index in [-0.39, 0.29) is 5.56 Å². The highest BCUT2D eigenvalue weighted by atomic mass is 16.7. The second kappa shape index (κ2) is 4.91. The van der Waals surface area contributed by atoms with E-state index in [1.54, 1.807) is 0 Å². The van der Waals surface area contributed by atoms with Gasteiger partial charge < -0.3 is 9.52 Å². The SMILES string of the molecule is O=C(O)CONC(=O)c1ccc(=O)oc1. The summed E-state index contributed by atoms with van der Waals surface area (Å²) in [6.45, 7) is -0.650. The lowest BCUT2D eigenvalue weighted by molar-refractivity contribution is -0.144. The Bertz CT molecular complexity index is 403. The number of carbonyl (C=O) groups excluding carboxylic acids is 1. The molecule has 1 aromatic rings. The third-order valence-electron chi connectivity index (χ3n) is 1.32. The maximum Gasteiger partial charge on any atom is 0.335 e. The van der Waals surface area contributed by atoms with Crippen LogP contribution in [0.15, 0.2) is 27.6 Å². The summed E-state index contributed by atoms with van der Waals surface area (Å²) in [5, 5.41) is 8.20. The van der Waals surface area contributed by atoms with Gasteiger partial charge in [-0.25, -0.2) is 15.1 Å². The molecule has 0 radical (unpaired) electrons. The molecular weight excluding hydrogens is 206 g/mol. The Balaban J connectivity index is 2.50. The summed E-state index contributed by atoms with van der Waals surface area (Å²) in [6.07, 6.45) is 0.946. The van der Waals surface area contributed by atoms with Gasteiger partial charge in [0.1, 0.15) is 6.26 Å². The van der Waals surface area contributed by atoms with Gasteiger partial charge in [-0.15, -0.1) is 0 Å². The van der Waals surface area contributed by atoms with Gasteiger partial charge in [0, 0.05) is 6.07 Å². The second-order valence-corrected chi connectivity index (χ2v) is 2.46. The average Bonchev–Trinajstić information content (AvgIpc) is 2.18.